The van der Waals surface area contributed by atoms with Gasteiger partial charge in [-0.05, 0) is 27.2 Å². The van der Waals surface area contributed by atoms with Crippen molar-refractivity contribution in [3.63, 3.8) is 0 Å². The van der Waals surface area contributed by atoms with Gasteiger partial charge in [0.05, 0.1) is 0 Å². The molecule has 0 spiro atoms. The minimum atomic E-state index is -3.51. The standard InChI is InChI=1S/C10H19NO5S/c1-7(5-6-8(12)13)11-9(14)10(2,3)17(4,15)16/h7H,5-6H2,1-4H3,(H,11,14)(H,12,13). The first kappa shape index (κ1) is 15.9. The number of carbonyl (C=O) groups is 2. The molecule has 1 amide bonds. The highest BCUT2D eigenvalue weighted by atomic mass is 32.2. The highest BCUT2D eigenvalue weighted by molar-refractivity contribution is 7.92. The fourth-order valence-corrected chi connectivity index (χ4v) is 1.37. The van der Waals surface area contributed by atoms with E-state index in [-0.39, 0.29) is 18.9 Å². The van der Waals surface area contributed by atoms with Crippen molar-refractivity contribution in [3.05, 3.63) is 0 Å². The van der Waals surface area contributed by atoms with Crippen LogP contribution in [0.4, 0.5) is 0 Å². The van der Waals surface area contributed by atoms with Gasteiger partial charge in [-0.3, -0.25) is 9.59 Å². The lowest BCUT2D eigenvalue weighted by Gasteiger charge is -2.24. The number of carbonyl (C=O) groups excluding carboxylic acids is 1. The summed E-state index contributed by atoms with van der Waals surface area (Å²) >= 11 is 0. The van der Waals surface area contributed by atoms with Gasteiger partial charge in [0.15, 0.2) is 9.84 Å². The van der Waals surface area contributed by atoms with Crippen molar-refractivity contribution >= 4 is 21.7 Å². The van der Waals surface area contributed by atoms with Crippen LogP contribution in [0.25, 0.3) is 0 Å². The van der Waals surface area contributed by atoms with Crippen LogP contribution >= 0.6 is 0 Å². The summed E-state index contributed by atoms with van der Waals surface area (Å²) in [5.41, 5.74) is 0. The van der Waals surface area contributed by atoms with Gasteiger partial charge in [0.2, 0.25) is 5.91 Å². The molecule has 1 atom stereocenters. The van der Waals surface area contributed by atoms with Gasteiger partial charge in [-0.2, -0.15) is 0 Å². The molecule has 0 radical (unpaired) electrons. The van der Waals surface area contributed by atoms with E-state index in [4.69, 9.17) is 5.11 Å². The highest BCUT2D eigenvalue weighted by Gasteiger charge is 2.38. The fraction of sp³-hybridized carbons (Fsp3) is 0.800. The Morgan fingerprint density at radius 3 is 2.18 bits per heavy atom. The number of carboxylic acids is 1. The summed E-state index contributed by atoms with van der Waals surface area (Å²) in [4.78, 5) is 22.1. The Hall–Kier alpha value is -1.11. The average molecular weight is 265 g/mol. The zero-order chi connectivity index (χ0) is 13.9. The largest absolute Gasteiger partial charge is 0.481 e. The molecule has 0 aromatic heterocycles. The lowest BCUT2D eigenvalue weighted by atomic mass is 10.1. The molecule has 0 saturated heterocycles. The van der Waals surface area contributed by atoms with Crippen molar-refractivity contribution in [2.45, 2.75) is 44.4 Å². The van der Waals surface area contributed by atoms with E-state index >= 15 is 0 Å². The molecule has 0 rings (SSSR count). The van der Waals surface area contributed by atoms with Gasteiger partial charge >= 0.3 is 5.97 Å². The molecule has 0 aliphatic heterocycles. The van der Waals surface area contributed by atoms with Crippen molar-refractivity contribution in [2.75, 3.05) is 6.26 Å². The van der Waals surface area contributed by atoms with Crippen LogP contribution in [-0.2, 0) is 19.4 Å². The molecule has 0 fully saturated rings. The zero-order valence-corrected chi connectivity index (χ0v) is 11.3. The van der Waals surface area contributed by atoms with Gasteiger partial charge in [0.1, 0.15) is 4.75 Å². The number of hydrogen-bond acceptors (Lipinski definition) is 4. The fourth-order valence-electron chi connectivity index (χ4n) is 0.978. The van der Waals surface area contributed by atoms with Crippen molar-refractivity contribution in [1.29, 1.82) is 0 Å². The van der Waals surface area contributed by atoms with E-state index in [0.717, 1.165) is 6.26 Å². The lowest BCUT2D eigenvalue weighted by Crippen LogP contribution is -2.50. The van der Waals surface area contributed by atoms with E-state index in [0.29, 0.717) is 0 Å². The zero-order valence-electron chi connectivity index (χ0n) is 10.5. The predicted molar refractivity (Wildman–Crippen MR) is 63.4 cm³/mol. The third kappa shape index (κ3) is 4.72. The minimum Gasteiger partial charge on any atom is -0.481 e. The van der Waals surface area contributed by atoms with E-state index in [1.807, 2.05) is 0 Å². The SMILES string of the molecule is CC(CCC(=O)O)NC(=O)C(C)(C)S(C)(=O)=O. The monoisotopic (exact) mass is 265 g/mol. The Balaban J connectivity index is 4.50. The molecular weight excluding hydrogens is 246 g/mol. The number of hydrogen-bond donors (Lipinski definition) is 2. The number of aliphatic carboxylic acids is 1. The van der Waals surface area contributed by atoms with Gasteiger partial charge in [-0.25, -0.2) is 8.42 Å². The van der Waals surface area contributed by atoms with Crippen LogP contribution in [0.1, 0.15) is 33.6 Å². The van der Waals surface area contributed by atoms with Crippen LogP contribution < -0.4 is 5.32 Å². The van der Waals surface area contributed by atoms with Crippen LogP contribution in [0.15, 0.2) is 0 Å². The second-order valence-corrected chi connectivity index (χ2v) is 7.15. The Morgan fingerprint density at radius 1 is 1.35 bits per heavy atom. The number of carboxylic acid groups (broad SMARTS) is 1. The average Bonchev–Trinajstić information content (AvgIpc) is 2.12. The second kappa shape index (κ2) is 5.48. The third-order valence-electron chi connectivity index (χ3n) is 2.64. The Kier molecular flexibility index (Phi) is 5.12. The lowest BCUT2D eigenvalue weighted by molar-refractivity contribution is -0.137. The Morgan fingerprint density at radius 2 is 1.82 bits per heavy atom. The van der Waals surface area contributed by atoms with Crippen molar-refractivity contribution in [1.82, 2.24) is 5.32 Å². The molecule has 0 heterocycles. The molecule has 0 aromatic rings. The molecule has 17 heavy (non-hydrogen) atoms. The summed E-state index contributed by atoms with van der Waals surface area (Å²) in [7, 11) is -3.51. The van der Waals surface area contributed by atoms with Gasteiger partial charge in [0, 0.05) is 18.7 Å². The molecule has 1 unspecified atom stereocenters. The maximum atomic E-state index is 11.7. The van der Waals surface area contributed by atoms with Crippen molar-refractivity contribution in [2.24, 2.45) is 0 Å². The molecule has 6 nitrogen and oxygen atoms in total. The van der Waals surface area contributed by atoms with E-state index in [1.54, 1.807) is 6.92 Å². The maximum Gasteiger partial charge on any atom is 0.303 e. The number of rotatable bonds is 6. The number of sulfone groups is 1. The first-order valence-electron chi connectivity index (χ1n) is 5.21. The van der Waals surface area contributed by atoms with Crippen LogP contribution in [0.5, 0.6) is 0 Å². The van der Waals surface area contributed by atoms with E-state index in [1.165, 1.54) is 13.8 Å². The summed E-state index contributed by atoms with van der Waals surface area (Å²) in [6, 6.07) is -0.375. The molecule has 0 aliphatic rings. The minimum absolute atomic E-state index is 0.0687. The first-order chi connectivity index (χ1) is 7.48. The summed E-state index contributed by atoms with van der Waals surface area (Å²) < 4.78 is 21.3. The van der Waals surface area contributed by atoms with Gasteiger partial charge in [-0.15, -0.1) is 0 Å². The molecule has 100 valence electrons. The van der Waals surface area contributed by atoms with Crippen molar-refractivity contribution in [3.8, 4) is 0 Å². The molecule has 0 aromatic carbocycles. The predicted octanol–water partition coefficient (Wildman–Crippen LogP) is 0.179. The van der Waals surface area contributed by atoms with Crippen LogP contribution in [0.3, 0.4) is 0 Å². The van der Waals surface area contributed by atoms with Crippen LogP contribution in [0, 0.1) is 0 Å². The van der Waals surface area contributed by atoms with Gasteiger partial charge < -0.3 is 10.4 Å². The van der Waals surface area contributed by atoms with Crippen molar-refractivity contribution < 1.29 is 23.1 Å². The van der Waals surface area contributed by atoms with Gasteiger partial charge in [-0.1, -0.05) is 0 Å². The molecular formula is C10H19NO5S. The van der Waals surface area contributed by atoms with Gasteiger partial charge in [0.25, 0.3) is 0 Å². The maximum absolute atomic E-state index is 11.7. The second-order valence-electron chi connectivity index (χ2n) is 4.59. The normalized spacial score (nSPS) is 14.1. The highest BCUT2D eigenvalue weighted by Crippen LogP contribution is 2.15. The van der Waals surface area contributed by atoms with E-state index < -0.39 is 26.5 Å². The van der Waals surface area contributed by atoms with Crippen LogP contribution in [-0.4, -0.2) is 42.4 Å². The smallest absolute Gasteiger partial charge is 0.303 e. The summed E-state index contributed by atoms with van der Waals surface area (Å²) in [5, 5.41) is 11.0. The van der Waals surface area contributed by atoms with E-state index in [2.05, 4.69) is 5.32 Å². The summed E-state index contributed by atoms with van der Waals surface area (Å²) in [5.74, 6) is -1.56. The molecule has 0 aliphatic carbocycles. The Labute approximate surface area is 101 Å². The quantitative estimate of drug-likeness (QED) is 0.713. The summed E-state index contributed by atoms with van der Waals surface area (Å²) in [6.45, 7) is 4.28. The molecule has 7 heteroatoms. The first-order valence-corrected chi connectivity index (χ1v) is 7.10. The third-order valence-corrected chi connectivity index (χ3v) is 4.68. The van der Waals surface area contributed by atoms with E-state index in [9.17, 15) is 18.0 Å². The molecule has 2 N–H and O–H groups in total. The number of nitrogens with one attached hydrogen (secondary N) is 1. The Bertz CT molecular complexity index is 399. The molecule has 0 saturated carbocycles. The number of amides is 1. The molecule has 0 bridgehead atoms. The topological polar surface area (TPSA) is 101 Å². The summed E-state index contributed by atoms with van der Waals surface area (Å²) in [6.07, 6.45) is 1.19. The van der Waals surface area contributed by atoms with Crippen LogP contribution in [0.2, 0.25) is 0 Å².